The second kappa shape index (κ2) is 5.57. The first-order valence-electron chi connectivity index (χ1n) is 7.71. The molecule has 3 rings (SSSR count). The van der Waals surface area contributed by atoms with E-state index in [4.69, 9.17) is 0 Å². The summed E-state index contributed by atoms with van der Waals surface area (Å²) in [4.78, 5) is 14.6. The lowest BCUT2D eigenvalue weighted by atomic mass is 9.95. The molecule has 2 aliphatic heterocycles. The fourth-order valence-electron chi connectivity index (χ4n) is 3.76. The lowest BCUT2D eigenvalue weighted by Gasteiger charge is -2.24. The molecule has 0 bridgehead atoms. The summed E-state index contributed by atoms with van der Waals surface area (Å²) in [6.07, 6.45) is 1.50. The van der Waals surface area contributed by atoms with Gasteiger partial charge in [-0.25, -0.2) is 0 Å². The van der Waals surface area contributed by atoms with Crippen LogP contribution >= 0.6 is 0 Å². The van der Waals surface area contributed by atoms with Gasteiger partial charge in [-0.2, -0.15) is 0 Å². The Labute approximate surface area is 121 Å². The fourth-order valence-corrected chi connectivity index (χ4v) is 3.76. The first-order chi connectivity index (χ1) is 9.65. The molecule has 2 fully saturated rings. The molecule has 1 N–H and O–H groups in total. The molecular formula is C17H24N2O. The van der Waals surface area contributed by atoms with Crippen molar-refractivity contribution < 1.29 is 4.79 Å². The summed E-state index contributed by atoms with van der Waals surface area (Å²) in [5, 5.41) is 3.44. The number of nitrogens with one attached hydrogen (secondary N) is 1. The van der Waals surface area contributed by atoms with E-state index in [-0.39, 0.29) is 0 Å². The van der Waals surface area contributed by atoms with Crippen LogP contribution in [0.15, 0.2) is 24.3 Å². The highest BCUT2D eigenvalue weighted by atomic mass is 16.2. The number of hydrogen-bond acceptors (Lipinski definition) is 2. The highest BCUT2D eigenvalue weighted by molar-refractivity contribution is 5.77. The average Bonchev–Trinajstić information content (AvgIpc) is 3.00. The van der Waals surface area contributed by atoms with Gasteiger partial charge in [-0.1, -0.05) is 29.8 Å². The molecule has 2 aliphatic rings. The number of amides is 1. The van der Waals surface area contributed by atoms with Crippen LogP contribution in [0.5, 0.6) is 0 Å². The van der Waals surface area contributed by atoms with Gasteiger partial charge in [-0.3, -0.25) is 4.79 Å². The summed E-state index contributed by atoms with van der Waals surface area (Å²) in [6, 6.07) is 8.87. The van der Waals surface area contributed by atoms with Gasteiger partial charge in [-0.05, 0) is 37.7 Å². The first kappa shape index (κ1) is 13.6. The second-order valence-electron chi connectivity index (χ2n) is 6.36. The number of fused-ring (bicyclic) bond motifs is 1. The number of benzene rings is 1. The van der Waals surface area contributed by atoms with E-state index in [0.717, 1.165) is 26.1 Å². The monoisotopic (exact) mass is 272 g/mol. The van der Waals surface area contributed by atoms with Gasteiger partial charge in [0.25, 0.3) is 0 Å². The smallest absolute Gasteiger partial charge is 0.223 e. The van der Waals surface area contributed by atoms with E-state index in [2.05, 4.69) is 48.3 Å². The van der Waals surface area contributed by atoms with Crippen LogP contribution in [0.25, 0.3) is 0 Å². The third-order valence-corrected chi connectivity index (χ3v) is 4.96. The Balaban J connectivity index is 1.57. The Bertz CT molecular complexity index is 500. The molecule has 3 unspecified atom stereocenters. The second-order valence-corrected chi connectivity index (χ2v) is 6.36. The topological polar surface area (TPSA) is 32.3 Å². The normalized spacial score (nSPS) is 28.7. The molecule has 2 heterocycles. The zero-order valence-electron chi connectivity index (χ0n) is 12.4. The van der Waals surface area contributed by atoms with Gasteiger partial charge < -0.3 is 10.2 Å². The van der Waals surface area contributed by atoms with E-state index >= 15 is 0 Å². The van der Waals surface area contributed by atoms with Gasteiger partial charge in [0.1, 0.15) is 0 Å². The lowest BCUT2D eigenvalue weighted by Crippen LogP contribution is -2.38. The van der Waals surface area contributed by atoms with Crippen LogP contribution in [-0.2, 0) is 11.2 Å². The van der Waals surface area contributed by atoms with Crippen LogP contribution in [0.1, 0.15) is 24.5 Å². The molecule has 0 aromatic heterocycles. The van der Waals surface area contributed by atoms with E-state index in [1.165, 1.54) is 11.1 Å². The summed E-state index contributed by atoms with van der Waals surface area (Å²) < 4.78 is 0. The van der Waals surface area contributed by atoms with Crippen molar-refractivity contribution in [1.29, 1.82) is 0 Å². The quantitative estimate of drug-likeness (QED) is 0.912. The van der Waals surface area contributed by atoms with Crippen molar-refractivity contribution in [3.05, 3.63) is 35.4 Å². The van der Waals surface area contributed by atoms with E-state index in [1.54, 1.807) is 0 Å². The van der Waals surface area contributed by atoms with Gasteiger partial charge in [0, 0.05) is 32.1 Å². The average molecular weight is 272 g/mol. The molecule has 3 nitrogen and oxygen atoms in total. The maximum Gasteiger partial charge on any atom is 0.223 e. The molecule has 0 spiro atoms. The zero-order chi connectivity index (χ0) is 14.1. The molecular weight excluding hydrogens is 248 g/mol. The molecule has 1 aromatic rings. The third-order valence-electron chi connectivity index (χ3n) is 4.96. The summed E-state index contributed by atoms with van der Waals surface area (Å²) in [5.41, 5.74) is 2.54. The maximum atomic E-state index is 12.5. The molecule has 0 radical (unpaired) electrons. The van der Waals surface area contributed by atoms with Gasteiger partial charge in [0.05, 0.1) is 0 Å². The largest absolute Gasteiger partial charge is 0.339 e. The van der Waals surface area contributed by atoms with Crippen LogP contribution in [0.2, 0.25) is 0 Å². The van der Waals surface area contributed by atoms with Gasteiger partial charge in [-0.15, -0.1) is 0 Å². The van der Waals surface area contributed by atoms with E-state index in [9.17, 15) is 4.79 Å². The molecule has 20 heavy (non-hydrogen) atoms. The molecule has 2 saturated heterocycles. The highest BCUT2D eigenvalue weighted by Gasteiger charge is 2.43. The number of nitrogens with zero attached hydrogens (tertiary/aromatic N) is 1. The van der Waals surface area contributed by atoms with Crippen LogP contribution in [0, 0.1) is 18.8 Å². The maximum absolute atomic E-state index is 12.5. The number of hydrogen-bond donors (Lipinski definition) is 1. The minimum absolute atomic E-state index is 0.327. The number of rotatable bonds is 3. The predicted octanol–water partition coefficient (Wildman–Crippen LogP) is 1.99. The lowest BCUT2D eigenvalue weighted by molar-refractivity contribution is -0.132. The van der Waals surface area contributed by atoms with Crippen molar-refractivity contribution in [3.8, 4) is 0 Å². The number of aryl methyl sites for hydroxylation is 2. The molecule has 1 amide bonds. The fraction of sp³-hybridized carbons (Fsp3) is 0.588. The zero-order valence-corrected chi connectivity index (χ0v) is 12.4. The SMILES string of the molecule is Cc1cccc(CCC(=O)N2CC3CNCC3C2C)c1. The number of carbonyl (C=O) groups is 1. The van der Waals surface area contributed by atoms with Crippen molar-refractivity contribution in [2.24, 2.45) is 11.8 Å². The molecule has 0 aliphatic carbocycles. The predicted molar refractivity (Wildman–Crippen MR) is 80.5 cm³/mol. The number of likely N-dealkylation sites (tertiary alicyclic amines) is 1. The molecule has 3 atom stereocenters. The van der Waals surface area contributed by atoms with Crippen LogP contribution in [-0.4, -0.2) is 36.5 Å². The van der Waals surface area contributed by atoms with Crippen LogP contribution in [0.4, 0.5) is 0 Å². The Morgan fingerprint density at radius 3 is 3.00 bits per heavy atom. The minimum atomic E-state index is 0.327. The van der Waals surface area contributed by atoms with Crippen LogP contribution in [0.3, 0.4) is 0 Å². The van der Waals surface area contributed by atoms with Gasteiger partial charge in [0.15, 0.2) is 0 Å². The molecule has 0 saturated carbocycles. The summed E-state index contributed by atoms with van der Waals surface area (Å²) in [5.74, 6) is 1.67. The van der Waals surface area contributed by atoms with E-state index in [0.29, 0.717) is 30.2 Å². The highest BCUT2D eigenvalue weighted by Crippen LogP contribution is 2.32. The van der Waals surface area contributed by atoms with Crippen molar-refractivity contribution in [2.75, 3.05) is 19.6 Å². The van der Waals surface area contributed by atoms with Gasteiger partial charge in [0.2, 0.25) is 5.91 Å². The summed E-state index contributed by atoms with van der Waals surface area (Å²) in [6.45, 7) is 7.42. The first-order valence-corrected chi connectivity index (χ1v) is 7.71. The molecule has 108 valence electrons. The molecule has 3 heteroatoms. The van der Waals surface area contributed by atoms with Crippen molar-refractivity contribution in [1.82, 2.24) is 10.2 Å². The Morgan fingerprint density at radius 1 is 1.40 bits per heavy atom. The van der Waals surface area contributed by atoms with Crippen molar-refractivity contribution >= 4 is 5.91 Å². The number of carbonyl (C=O) groups excluding carboxylic acids is 1. The van der Waals surface area contributed by atoms with Crippen molar-refractivity contribution in [2.45, 2.75) is 32.7 Å². The van der Waals surface area contributed by atoms with E-state index < -0.39 is 0 Å². The van der Waals surface area contributed by atoms with Crippen LogP contribution < -0.4 is 5.32 Å². The van der Waals surface area contributed by atoms with Crippen molar-refractivity contribution in [3.63, 3.8) is 0 Å². The standard InChI is InChI=1S/C17H24N2O/c1-12-4-3-5-14(8-12)6-7-17(20)19-11-15-9-18-10-16(15)13(19)2/h3-5,8,13,15-16,18H,6-7,9-11H2,1-2H3. The third kappa shape index (κ3) is 2.59. The Hall–Kier alpha value is -1.35. The van der Waals surface area contributed by atoms with Gasteiger partial charge >= 0.3 is 0 Å². The summed E-state index contributed by atoms with van der Waals surface area (Å²) in [7, 11) is 0. The molecule has 1 aromatic carbocycles. The summed E-state index contributed by atoms with van der Waals surface area (Å²) >= 11 is 0. The Morgan fingerprint density at radius 2 is 2.25 bits per heavy atom. The van der Waals surface area contributed by atoms with E-state index in [1.807, 2.05) is 0 Å². The minimum Gasteiger partial charge on any atom is -0.339 e. The Kier molecular flexibility index (Phi) is 3.79.